The first-order valence-corrected chi connectivity index (χ1v) is 18.2. The molecule has 0 saturated heterocycles. The molecule has 2 aromatic heterocycles. The minimum atomic E-state index is 0.947. The van der Waals surface area contributed by atoms with Crippen LogP contribution in [-0.4, -0.2) is 0 Å². The topological polar surface area (TPSA) is 16.4 Å². The van der Waals surface area contributed by atoms with Gasteiger partial charge in [-0.25, -0.2) is 0 Å². The number of benzene rings is 9. The van der Waals surface area contributed by atoms with E-state index < -0.39 is 0 Å². The highest BCUT2D eigenvalue weighted by Gasteiger charge is 2.25. The van der Waals surface area contributed by atoms with Crippen molar-refractivity contribution in [2.75, 3.05) is 4.90 Å². The maximum atomic E-state index is 6.48. The number of furan rings is 1. The van der Waals surface area contributed by atoms with Crippen molar-refractivity contribution in [3.8, 4) is 22.3 Å². The zero-order valence-corrected chi connectivity index (χ0v) is 28.2. The molecule has 9 aromatic carbocycles. The Labute approximate surface area is 297 Å². The number of thiophene rings is 1. The summed E-state index contributed by atoms with van der Waals surface area (Å²) in [7, 11) is 0. The molecular weight excluding hydrogens is 639 g/mol. The molecule has 236 valence electrons. The van der Waals surface area contributed by atoms with Gasteiger partial charge in [-0.05, 0) is 116 Å². The van der Waals surface area contributed by atoms with Gasteiger partial charge < -0.3 is 9.32 Å². The van der Waals surface area contributed by atoms with Crippen LogP contribution in [0.15, 0.2) is 168 Å². The smallest absolute Gasteiger partial charge is 0.136 e. The lowest BCUT2D eigenvalue weighted by atomic mass is 9.94. The van der Waals surface area contributed by atoms with E-state index in [-0.39, 0.29) is 0 Å². The van der Waals surface area contributed by atoms with Gasteiger partial charge in [0.05, 0.1) is 0 Å². The lowest BCUT2D eigenvalue weighted by Crippen LogP contribution is -2.09. The van der Waals surface area contributed by atoms with E-state index in [1.165, 1.54) is 85.5 Å². The molecule has 3 heteroatoms. The van der Waals surface area contributed by atoms with Crippen molar-refractivity contribution in [2.45, 2.75) is 0 Å². The fraction of sp³-hybridized carbons (Fsp3) is 0. The molecule has 1 aliphatic rings. The summed E-state index contributed by atoms with van der Waals surface area (Å²) in [6.45, 7) is 0. The van der Waals surface area contributed by atoms with Gasteiger partial charge in [-0.3, -0.25) is 0 Å². The van der Waals surface area contributed by atoms with Crippen LogP contribution in [0.4, 0.5) is 17.1 Å². The van der Waals surface area contributed by atoms with Crippen LogP contribution in [-0.2, 0) is 0 Å². The highest BCUT2D eigenvalue weighted by atomic mass is 32.1. The Balaban J connectivity index is 1.08. The molecule has 2 heterocycles. The van der Waals surface area contributed by atoms with Crippen LogP contribution in [0.3, 0.4) is 0 Å². The van der Waals surface area contributed by atoms with Gasteiger partial charge in [-0.15, -0.1) is 11.3 Å². The molecule has 11 aromatic rings. The van der Waals surface area contributed by atoms with Crippen LogP contribution in [0, 0.1) is 0 Å². The van der Waals surface area contributed by atoms with Crippen LogP contribution in [0.1, 0.15) is 0 Å². The van der Waals surface area contributed by atoms with E-state index >= 15 is 0 Å². The predicted octanol–water partition coefficient (Wildman–Crippen LogP) is 14.5. The zero-order chi connectivity index (χ0) is 33.2. The first kappa shape index (κ1) is 27.4. The predicted molar refractivity (Wildman–Crippen MR) is 218 cm³/mol. The molecule has 0 saturated carbocycles. The fourth-order valence-electron chi connectivity index (χ4n) is 8.70. The van der Waals surface area contributed by atoms with E-state index in [9.17, 15) is 0 Å². The molecule has 0 unspecified atom stereocenters. The number of hydrogen-bond acceptors (Lipinski definition) is 3. The van der Waals surface area contributed by atoms with E-state index in [4.69, 9.17) is 4.42 Å². The number of fused-ring (bicyclic) bond motifs is 4. The summed E-state index contributed by atoms with van der Waals surface area (Å²) in [5.74, 6) is 0. The molecule has 51 heavy (non-hydrogen) atoms. The van der Waals surface area contributed by atoms with Crippen LogP contribution < -0.4 is 4.90 Å². The second-order valence-corrected chi connectivity index (χ2v) is 14.8. The lowest BCUT2D eigenvalue weighted by molar-refractivity contribution is 0.669. The Bertz CT molecular complexity index is 3260. The van der Waals surface area contributed by atoms with Gasteiger partial charge in [0.2, 0.25) is 0 Å². The normalized spacial score (nSPS) is 12.3. The van der Waals surface area contributed by atoms with Crippen molar-refractivity contribution >= 4 is 103 Å². The summed E-state index contributed by atoms with van der Waals surface area (Å²) in [6, 6.07) is 60.0. The molecule has 0 amide bonds. The molecule has 0 bridgehead atoms. The molecule has 1 aliphatic carbocycles. The highest BCUT2D eigenvalue weighted by Crippen LogP contribution is 2.52. The molecule has 0 radical (unpaired) electrons. The molecule has 0 fully saturated rings. The van der Waals surface area contributed by atoms with Gasteiger partial charge in [0.1, 0.15) is 11.2 Å². The maximum absolute atomic E-state index is 6.48. The second-order valence-electron chi connectivity index (χ2n) is 13.7. The lowest BCUT2D eigenvalue weighted by Gasteiger charge is -2.26. The van der Waals surface area contributed by atoms with Crippen molar-refractivity contribution < 1.29 is 4.42 Å². The quantitative estimate of drug-likeness (QED) is 0.174. The van der Waals surface area contributed by atoms with Crippen LogP contribution in [0.5, 0.6) is 0 Å². The molecule has 2 nitrogen and oxygen atoms in total. The van der Waals surface area contributed by atoms with Gasteiger partial charge >= 0.3 is 0 Å². The SMILES string of the molecule is c1ccc(N(c2cccc(-c3cc4c5c(c3)sc3ccc6ccc7oc8cccc-4c8c7c6c35)c2)c2ccc3c(ccc4ccccc43)c2)cc1. The minimum absolute atomic E-state index is 0.947. The van der Waals surface area contributed by atoms with Gasteiger partial charge in [-0.1, -0.05) is 97.1 Å². The summed E-state index contributed by atoms with van der Waals surface area (Å²) >= 11 is 1.89. The number of anilines is 3. The Morgan fingerprint density at radius 2 is 1.14 bits per heavy atom. The van der Waals surface area contributed by atoms with Crippen LogP contribution >= 0.6 is 11.3 Å². The third-order valence-corrected chi connectivity index (χ3v) is 12.0. The third-order valence-electron chi connectivity index (χ3n) is 10.9. The Morgan fingerprint density at radius 1 is 0.373 bits per heavy atom. The summed E-state index contributed by atoms with van der Waals surface area (Å²) in [4.78, 5) is 2.38. The van der Waals surface area contributed by atoms with Crippen molar-refractivity contribution in [2.24, 2.45) is 0 Å². The van der Waals surface area contributed by atoms with Gasteiger partial charge in [0.15, 0.2) is 0 Å². The Morgan fingerprint density at radius 3 is 2.10 bits per heavy atom. The summed E-state index contributed by atoms with van der Waals surface area (Å²) in [5, 5.41) is 12.8. The van der Waals surface area contributed by atoms with Crippen LogP contribution in [0.25, 0.3) is 96.7 Å². The number of rotatable bonds is 4. The third kappa shape index (κ3) is 3.81. The molecule has 12 rings (SSSR count). The second kappa shape index (κ2) is 10.1. The first-order valence-electron chi connectivity index (χ1n) is 17.4. The molecule has 0 N–H and O–H groups in total. The molecule has 0 atom stereocenters. The molecule has 0 spiro atoms. The molecule has 0 aliphatic heterocycles. The largest absolute Gasteiger partial charge is 0.456 e. The summed E-state index contributed by atoms with van der Waals surface area (Å²) in [6.07, 6.45) is 0. The summed E-state index contributed by atoms with van der Waals surface area (Å²) in [5.41, 5.74) is 10.2. The average Bonchev–Trinajstić information content (AvgIpc) is 3.73. The zero-order valence-electron chi connectivity index (χ0n) is 27.4. The van der Waals surface area contributed by atoms with Crippen molar-refractivity contribution in [1.29, 1.82) is 0 Å². The minimum Gasteiger partial charge on any atom is -0.456 e. The molecular formula is C48H27NOS. The number of para-hydroxylation sites is 1. The van der Waals surface area contributed by atoms with Gasteiger partial charge in [0, 0.05) is 53.4 Å². The van der Waals surface area contributed by atoms with Crippen molar-refractivity contribution in [3.05, 3.63) is 164 Å². The fourth-order valence-corrected chi connectivity index (χ4v) is 9.88. The van der Waals surface area contributed by atoms with Gasteiger partial charge in [-0.2, -0.15) is 0 Å². The van der Waals surface area contributed by atoms with Gasteiger partial charge in [0.25, 0.3) is 0 Å². The monoisotopic (exact) mass is 665 g/mol. The number of hydrogen-bond donors (Lipinski definition) is 0. The summed E-state index contributed by atoms with van der Waals surface area (Å²) < 4.78 is 9.11. The van der Waals surface area contributed by atoms with Crippen molar-refractivity contribution in [1.82, 2.24) is 0 Å². The Hall–Kier alpha value is -6.42. The van der Waals surface area contributed by atoms with E-state index in [2.05, 4.69) is 169 Å². The van der Waals surface area contributed by atoms with E-state index in [0.29, 0.717) is 0 Å². The highest BCUT2D eigenvalue weighted by molar-refractivity contribution is 7.26. The van der Waals surface area contributed by atoms with Crippen molar-refractivity contribution in [3.63, 3.8) is 0 Å². The standard InChI is InChI=1S/C48H27NOS/c1-2-10-33(11-3-1)49(35-20-21-37-31(25-35)17-16-28-8-4-5-13-36(28)37)34-12-6-9-30(24-34)32-26-39-38-14-7-15-40-45(38)47-41(50-40)22-18-29-19-23-42-48(44(29)47)46(39)43(27-32)51-42/h1-27H. The first-order chi connectivity index (χ1) is 25.3. The number of nitrogens with zero attached hydrogens (tertiary/aromatic N) is 1. The van der Waals surface area contributed by atoms with Crippen LogP contribution in [0.2, 0.25) is 0 Å². The average molecular weight is 666 g/mol. The van der Waals surface area contributed by atoms with E-state index in [0.717, 1.165) is 28.2 Å². The van der Waals surface area contributed by atoms with E-state index in [1.54, 1.807) is 0 Å². The van der Waals surface area contributed by atoms with E-state index in [1.807, 2.05) is 11.3 Å². The maximum Gasteiger partial charge on any atom is 0.136 e. The Kier molecular flexibility index (Phi) is 5.41.